The van der Waals surface area contributed by atoms with Gasteiger partial charge in [0, 0.05) is 38.8 Å². The summed E-state index contributed by atoms with van der Waals surface area (Å²) in [6.45, 7) is 7.44. The highest BCUT2D eigenvalue weighted by Gasteiger charge is 2.11. The number of amides is 1. The van der Waals surface area contributed by atoms with Crippen LogP contribution in [-0.2, 0) is 24.4 Å². The van der Waals surface area contributed by atoms with Gasteiger partial charge in [-0.25, -0.2) is 4.68 Å². The average molecular weight is 384 g/mol. The lowest BCUT2D eigenvalue weighted by molar-refractivity contribution is 0.0342. The lowest BCUT2D eigenvalue weighted by Gasteiger charge is -2.26. The predicted molar refractivity (Wildman–Crippen MR) is 107 cm³/mol. The minimum absolute atomic E-state index is 0.180. The first-order chi connectivity index (χ1) is 13.7. The number of morpholine rings is 1. The molecule has 150 valence electrons. The molecule has 1 fully saturated rings. The molecule has 0 radical (unpaired) electrons. The summed E-state index contributed by atoms with van der Waals surface area (Å²) in [5, 5.41) is 7.05. The van der Waals surface area contributed by atoms with Gasteiger partial charge in [0.15, 0.2) is 0 Å². The first-order valence-electron chi connectivity index (χ1n) is 9.90. The molecule has 1 aliphatic heterocycles. The first-order valence-corrected chi connectivity index (χ1v) is 9.90. The van der Waals surface area contributed by atoms with E-state index < -0.39 is 0 Å². The van der Waals surface area contributed by atoms with Crippen LogP contribution in [0.25, 0.3) is 0 Å². The van der Waals surface area contributed by atoms with Crippen LogP contribution in [0.15, 0.2) is 41.2 Å². The van der Waals surface area contributed by atoms with E-state index in [4.69, 9.17) is 4.74 Å². The molecule has 2 aromatic rings. The van der Waals surface area contributed by atoms with E-state index in [0.717, 1.165) is 51.3 Å². The van der Waals surface area contributed by atoms with Crippen molar-refractivity contribution >= 4 is 5.91 Å². The monoisotopic (exact) mass is 384 g/mol. The highest BCUT2D eigenvalue weighted by molar-refractivity contribution is 5.91. The van der Waals surface area contributed by atoms with Crippen LogP contribution in [0.2, 0.25) is 0 Å². The number of benzene rings is 1. The average Bonchev–Trinajstić information content (AvgIpc) is 2.73. The molecule has 1 aliphatic rings. The lowest BCUT2D eigenvalue weighted by atomic mass is 10.1. The number of hydrogen-bond donors (Lipinski definition) is 1. The van der Waals surface area contributed by atoms with Crippen LogP contribution in [0, 0.1) is 0 Å². The summed E-state index contributed by atoms with van der Waals surface area (Å²) in [6, 6.07) is 11.1. The SMILES string of the molecule is CCCCn1nc(C(=O)NCc2ccc(CN3CCOCC3)cc2)ccc1=O. The van der Waals surface area contributed by atoms with E-state index in [-0.39, 0.29) is 17.2 Å². The number of aromatic nitrogens is 2. The second kappa shape index (κ2) is 10.1. The lowest BCUT2D eigenvalue weighted by Crippen LogP contribution is -2.35. The molecular weight excluding hydrogens is 356 g/mol. The fourth-order valence-corrected chi connectivity index (χ4v) is 3.09. The molecule has 1 aromatic carbocycles. The van der Waals surface area contributed by atoms with Crippen molar-refractivity contribution in [3.63, 3.8) is 0 Å². The zero-order valence-corrected chi connectivity index (χ0v) is 16.4. The standard InChI is InChI=1S/C21H28N4O3/c1-2-3-10-25-20(26)9-8-19(23-25)21(27)22-15-17-4-6-18(7-5-17)16-24-11-13-28-14-12-24/h4-9H,2-3,10-16H2,1H3,(H,22,27). The number of hydrogen-bond acceptors (Lipinski definition) is 5. The number of carbonyl (C=O) groups is 1. The normalized spacial score (nSPS) is 14.8. The molecule has 0 aliphatic carbocycles. The van der Waals surface area contributed by atoms with Crippen LogP contribution in [0.5, 0.6) is 0 Å². The quantitative estimate of drug-likeness (QED) is 0.751. The van der Waals surface area contributed by atoms with E-state index in [1.165, 1.54) is 22.4 Å². The topological polar surface area (TPSA) is 76.5 Å². The Balaban J connectivity index is 1.53. The first kappa shape index (κ1) is 20.2. The summed E-state index contributed by atoms with van der Waals surface area (Å²) in [5.41, 5.74) is 2.36. The van der Waals surface area contributed by atoms with Gasteiger partial charge in [0.1, 0.15) is 5.69 Å². The number of nitrogens with zero attached hydrogens (tertiary/aromatic N) is 3. The van der Waals surface area contributed by atoms with E-state index in [9.17, 15) is 9.59 Å². The summed E-state index contributed by atoms with van der Waals surface area (Å²) in [4.78, 5) is 26.6. The molecule has 0 spiro atoms. The molecule has 3 rings (SSSR count). The largest absolute Gasteiger partial charge is 0.379 e. The maximum Gasteiger partial charge on any atom is 0.271 e. The highest BCUT2D eigenvalue weighted by Crippen LogP contribution is 2.09. The van der Waals surface area contributed by atoms with Gasteiger partial charge in [0.25, 0.3) is 11.5 Å². The Bertz CT molecular complexity index is 826. The van der Waals surface area contributed by atoms with Gasteiger partial charge in [0.05, 0.1) is 13.2 Å². The molecule has 1 amide bonds. The summed E-state index contributed by atoms with van der Waals surface area (Å²) >= 11 is 0. The number of nitrogens with one attached hydrogen (secondary N) is 1. The number of aryl methyl sites for hydroxylation is 1. The van der Waals surface area contributed by atoms with Crippen LogP contribution in [-0.4, -0.2) is 46.9 Å². The van der Waals surface area contributed by atoms with Crippen LogP contribution < -0.4 is 10.9 Å². The molecule has 1 N–H and O–H groups in total. The van der Waals surface area contributed by atoms with Crippen molar-refractivity contribution in [1.82, 2.24) is 20.0 Å². The van der Waals surface area contributed by atoms with Gasteiger partial charge in [0.2, 0.25) is 0 Å². The van der Waals surface area contributed by atoms with Crippen molar-refractivity contribution in [3.05, 3.63) is 63.6 Å². The van der Waals surface area contributed by atoms with E-state index in [1.807, 2.05) is 19.1 Å². The van der Waals surface area contributed by atoms with Crippen LogP contribution in [0.3, 0.4) is 0 Å². The van der Waals surface area contributed by atoms with Gasteiger partial charge in [-0.3, -0.25) is 14.5 Å². The Morgan fingerprint density at radius 1 is 1.11 bits per heavy atom. The molecular formula is C21H28N4O3. The van der Waals surface area contributed by atoms with Crippen molar-refractivity contribution < 1.29 is 9.53 Å². The van der Waals surface area contributed by atoms with Crippen molar-refractivity contribution in [2.24, 2.45) is 0 Å². The van der Waals surface area contributed by atoms with E-state index >= 15 is 0 Å². The van der Waals surface area contributed by atoms with Crippen molar-refractivity contribution in [3.8, 4) is 0 Å². The van der Waals surface area contributed by atoms with Crippen LogP contribution in [0.1, 0.15) is 41.4 Å². The van der Waals surface area contributed by atoms with Gasteiger partial charge < -0.3 is 10.1 Å². The molecule has 0 atom stereocenters. The van der Waals surface area contributed by atoms with E-state index in [0.29, 0.717) is 13.1 Å². The van der Waals surface area contributed by atoms with Gasteiger partial charge >= 0.3 is 0 Å². The predicted octanol–water partition coefficient (Wildman–Crippen LogP) is 1.81. The Kier molecular flexibility index (Phi) is 7.33. The second-order valence-electron chi connectivity index (χ2n) is 7.02. The molecule has 0 unspecified atom stereocenters. The smallest absolute Gasteiger partial charge is 0.271 e. The van der Waals surface area contributed by atoms with Crippen LogP contribution >= 0.6 is 0 Å². The third-order valence-electron chi connectivity index (χ3n) is 4.81. The van der Waals surface area contributed by atoms with Gasteiger partial charge in [-0.15, -0.1) is 0 Å². The highest BCUT2D eigenvalue weighted by atomic mass is 16.5. The summed E-state index contributed by atoms with van der Waals surface area (Å²) in [5.74, 6) is -0.275. The Morgan fingerprint density at radius 3 is 2.54 bits per heavy atom. The van der Waals surface area contributed by atoms with Gasteiger partial charge in [-0.1, -0.05) is 37.6 Å². The minimum atomic E-state index is -0.275. The Labute approximate surface area is 165 Å². The number of rotatable bonds is 8. The maximum atomic E-state index is 12.4. The zero-order chi connectivity index (χ0) is 19.8. The second-order valence-corrected chi connectivity index (χ2v) is 7.02. The molecule has 7 heteroatoms. The van der Waals surface area contributed by atoms with Crippen LogP contribution in [0.4, 0.5) is 0 Å². The van der Waals surface area contributed by atoms with E-state index in [2.05, 4.69) is 27.4 Å². The fraction of sp³-hybridized carbons (Fsp3) is 0.476. The molecule has 0 bridgehead atoms. The van der Waals surface area contributed by atoms with E-state index in [1.54, 1.807) is 0 Å². The molecule has 0 saturated carbocycles. The minimum Gasteiger partial charge on any atom is -0.379 e. The third kappa shape index (κ3) is 5.74. The molecule has 28 heavy (non-hydrogen) atoms. The fourth-order valence-electron chi connectivity index (χ4n) is 3.09. The number of unbranched alkanes of at least 4 members (excludes halogenated alkanes) is 1. The molecule has 1 saturated heterocycles. The summed E-state index contributed by atoms with van der Waals surface area (Å²) in [7, 11) is 0. The van der Waals surface area contributed by atoms with Gasteiger partial charge in [-0.05, 0) is 23.6 Å². The molecule has 2 heterocycles. The van der Waals surface area contributed by atoms with Crippen molar-refractivity contribution in [2.75, 3.05) is 26.3 Å². The van der Waals surface area contributed by atoms with Gasteiger partial charge in [-0.2, -0.15) is 5.10 Å². The molecule has 1 aromatic heterocycles. The molecule has 7 nitrogen and oxygen atoms in total. The number of carbonyl (C=O) groups excluding carboxylic acids is 1. The Hall–Kier alpha value is -2.51. The summed E-state index contributed by atoms with van der Waals surface area (Å²) in [6.07, 6.45) is 1.82. The van der Waals surface area contributed by atoms with Crippen molar-refractivity contribution in [2.45, 2.75) is 39.4 Å². The Morgan fingerprint density at radius 2 is 1.82 bits per heavy atom. The zero-order valence-electron chi connectivity index (χ0n) is 16.4. The third-order valence-corrected chi connectivity index (χ3v) is 4.81. The van der Waals surface area contributed by atoms with Crippen molar-refractivity contribution in [1.29, 1.82) is 0 Å². The number of ether oxygens (including phenoxy) is 1. The maximum absolute atomic E-state index is 12.4. The summed E-state index contributed by atoms with van der Waals surface area (Å²) < 4.78 is 6.73.